The second-order valence-corrected chi connectivity index (χ2v) is 9.58. The van der Waals surface area contributed by atoms with E-state index in [1.165, 1.54) is 30.4 Å². The molecule has 0 heterocycles. The Bertz CT molecular complexity index is 729. The molecule has 3 rings (SSSR count). The highest BCUT2D eigenvalue weighted by molar-refractivity contribution is 5.72. The number of aryl methyl sites for hydroxylation is 1. The number of hydrogen-bond donors (Lipinski definition) is 0. The minimum absolute atomic E-state index is 0.0498. The van der Waals surface area contributed by atoms with Gasteiger partial charge < -0.3 is 4.74 Å². The Morgan fingerprint density at radius 1 is 1.06 bits per heavy atom. The molecule has 0 aromatic heterocycles. The van der Waals surface area contributed by atoms with E-state index in [2.05, 4.69) is 31.2 Å². The van der Waals surface area contributed by atoms with E-state index in [1.54, 1.807) is 6.08 Å². The Hall–Kier alpha value is -2.08. The van der Waals surface area contributed by atoms with Crippen LogP contribution in [-0.2, 0) is 16.0 Å². The fourth-order valence-electron chi connectivity index (χ4n) is 5.27. The molecule has 2 aliphatic rings. The van der Waals surface area contributed by atoms with Crippen LogP contribution in [0.1, 0.15) is 101 Å². The molecule has 3 nitrogen and oxygen atoms in total. The monoisotopic (exact) mass is 421 g/mol. The zero-order valence-corrected chi connectivity index (χ0v) is 19.2. The molecule has 3 heteroatoms. The molecular formula is C28H39NO2. The molecule has 0 unspecified atom stereocenters. The first-order valence-corrected chi connectivity index (χ1v) is 12.5. The molecule has 2 saturated carbocycles. The Kier molecular flexibility index (Phi) is 9.66. The maximum atomic E-state index is 12.7. The summed E-state index contributed by atoms with van der Waals surface area (Å²) >= 11 is 0. The molecule has 1 aromatic carbocycles. The lowest BCUT2D eigenvalue weighted by atomic mass is 9.78. The van der Waals surface area contributed by atoms with Crippen molar-refractivity contribution in [3.05, 3.63) is 47.5 Å². The lowest BCUT2D eigenvalue weighted by molar-refractivity contribution is -0.157. The standard InChI is InChI=1S/C28H39NO2/c1-2-3-7-22-9-13-24(14-10-22)25-15-17-26(18-16-25)28(30)31-27-19-11-23(12-20-27)8-5-4-6-21-29/h4,6,9-10,13-14,23,25-27H,2-3,5,7-8,11-12,15-20H2,1H3/b6-4+/t23?,25-,26-,27?. The number of unbranched alkanes of at least 4 members (excludes halogenated alkanes) is 1. The van der Waals surface area contributed by atoms with Gasteiger partial charge in [-0.1, -0.05) is 43.7 Å². The van der Waals surface area contributed by atoms with E-state index in [0.29, 0.717) is 11.8 Å². The number of nitrogens with zero attached hydrogens (tertiary/aromatic N) is 1. The fraction of sp³-hybridized carbons (Fsp3) is 0.643. The molecule has 0 saturated heterocycles. The van der Waals surface area contributed by atoms with Crippen LogP contribution in [0.4, 0.5) is 0 Å². The first kappa shape index (κ1) is 23.6. The van der Waals surface area contributed by atoms with E-state index in [9.17, 15) is 4.79 Å². The van der Waals surface area contributed by atoms with Crippen LogP contribution in [0, 0.1) is 23.2 Å². The first-order chi connectivity index (χ1) is 15.2. The van der Waals surface area contributed by atoms with Gasteiger partial charge in [0.15, 0.2) is 0 Å². The van der Waals surface area contributed by atoms with Crippen LogP contribution in [0.15, 0.2) is 36.4 Å². The zero-order chi connectivity index (χ0) is 21.9. The smallest absolute Gasteiger partial charge is 0.309 e. The van der Waals surface area contributed by atoms with Crippen molar-refractivity contribution >= 4 is 5.97 Å². The molecule has 0 bridgehead atoms. The first-order valence-electron chi connectivity index (χ1n) is 12.5. The van der Waals surface area contributed by atoms with Crippen LogP contribution in [0.5, 0.6) is 0 Å². The van der Waals surface area contributed by atoms with Crippen molar-refractivity contribution in [2.75, 3.05) is 0 Å². The van der Waals surface area contributed by atoms with Crippen LogP contribution in [0.2, 0.25) is 0 Å². The van der Waals surface area contributed by atoms with E-state index in [1.807, 2.05) is 12.1 Å². The quantitative estimate of drug-likeness (QED) is 0.311. The third kappa shape index (κ3) is 7.53. The van der Waals surface area contributed by atoms with Crippen LogP contribution >= 0.6 is 0 Å². The summed E-state index contributed by atoms with van der Waals surface area (Å²) < 4.78 is 5.92. The predicted octanol–water partition coefficient (Wildman–Crippen LogP) is 7.26. The number of carbonyl (C=O) groups excluding carboxylic acids is 1. The maximum absolute atomic E-state index is 12.7. The van der Waals surface area contributed by atoms with Gasteiger partial charge >= 0.3 is 5.97 Å². The molecule has 31 heavy (non-hydrogen) atoms. The van der Waals surface area contributed by atoms with Gasteiger partial charge in [0, 0.05) is 6.08 Å². The second-order valence-electron chi connectivity index (χ2n) is 9.58. The van der Waals surface area contributed by atoms with Gasteiger partial charge in [-0.3, -0.25) is 4.79 Å². The van der Waals surface area contributed by atoms with E-state index in [4.69, 9.17) is 10.00 Å². The van der Waals surface area contributed by atoms with Gasteiger partial charge in [0.25, 0.3) is 0 Å². The summed E-state index contributed by atoms with van der Waals surface area (Å²) in [4.78, 5) is 12.7. The molecule has 2 fully saturated rings. The fourth-order valence-corrected chi connectivity index (χ4v) is 5.27. The van der Waals surface area contributed by atoms with Crippen molar-refractivity contribution in [2.24, 2.45) is 11.8 Å². The van der Waals surface area contributed by atoms with Crippen LogP contribution < -0.4 is 0 Å². The van der Waals surface area contributed by atoms with Gasteiger partial charge in [0.1, 0.15) is 6.10 Å². The molecule has 0 amide bonds. The topological polar surface area (TPSA) is 50.1 Å². The Morgan fingerprint density at radius 2 is 1.77 bits per heavy atom. The highest BCUT2D eigenvalue weighted by atomic mass is 16.5. The highest BCUT2D eigenvalue weighted by Gasteiger charge is 2.31. The molecular weight excluding hydrogens is 382 g/mol. The zero-order valence-electron chi connectivity index (χ0n) is 19.2. The lowest BCUT2D eigenvalue weighted by Gasteiger charge is -2.31. The van der Waals surface area contributed by atoms with Gasteiger partial charge in [-0.2, -0.15) is 5.26 Å². The predicted molar refractivity (Wildman–Crippen MR) is 126 cm³/mol. The molecule has 2 aliphatic carbocycles. The summed E-state index contributed by atoms with van der Waals surface area (Å²) in [7, 11) is 0. The van der Waals surface area contributed by atoms with E-state index >= 15 is 0 Å². The van der Waals surface area contributed by atoms with Gasteiger partial charge in [0.05, 0.1) is 12.0 Å². The normalized spacial score (nSPS) is 26.5. The van der Waals surface area contributed by atoms with Crippen LogP contribution in [-0.4, -0.2) is 12.1 Å². The van der Waals surface area contributed by atoms with Crippen molar-refractivity contribution in [2.45, 2.75) is 102 Å². The summed E-state index contributed by atoms with van der Waals surface area (Å²) in [5.41, 5.74) is 2.88. The van der Waals surface area contributed by atoms with E-state index in [-0.39, 0.29) is 18.0 Å². The molecule has 1 aromatic rings. The summed E-state index contributed by atoms with van der Waals surface area (Å²) in [6.45, 7) is 2.24. The van der Waals surface area contributed by atoms with Gasteiger partial charge in [0.2, 0.25) is 0 Å². The molecule has 0 radical (unpaired) electrons. The Labute approximate surface area is 188 Å². The van der Waals surface area contributed by atoms with E-state index < -0.39 is 0 Å². The van der Waals surface area contributed by atoms with Crippen molar-refractivity contribution in [3.8, 4) is 6.07 Å². The van der Waals surface area contributed by atoms with Crippen molar-refractivity contribution in [3.63, 3.8) is 0 Å². The summed E-state index contributed by atoms with van der Waals surface area (Å²) in [5.74, 6) is 1.44. The maximum Gasteiger partial charge on any atom is 0.309 e. The number of allylic oxidation sites excluding steroid dienone is 2. The second kappa shape index (κ2) is 12.7. The third-order valence-electron chi connectivity index (χ3n) is 7.34. The highest BCUT2D eigenvalue weighted by Crippen LogP contribution is 2.37. The number of carbonyl (C=O) groups is 1. The van der Waals surface area contributed by atoms with Gasteiger partial charge in [-0.25, -0.2) is 0 Å². The minimum Gasteiger partial charge on any atom is -0.462 e. The van der Waals surface area contributed by atoms with Crippen LogP contribution in [0.3, 0.4) is 0 Å². The number of benzene rings is 1. The molecule has 0 atom stereocenters. The number of nitriles is 1. The number of rotatable bonds is 9. The van der Waals surface area contributed by atoms with E-state index in [0.717, 1.165) is 64.2 Å². The number of hydrogen-bond acceptors (Lipinski definition) is 3. The minimum atomic E-state index is 0.0498. The molecule has 0 aliphatic heterocycles. The van der Waals surface area contributed by atoms with Gasteiger partial charge in [-0.05, 0) is 100 Å². The number of ether oxygens (including phenoxy) is 1. The van der Waals surface area contributed by atoms with Gasteiger partial charge in [-0.15, -0.1) is 0 Å². The largest absolute Gasteiger partial charge is 0.462 e. The summed E-state index contributed by atoms with van der Waals surface area (Å²) in [6.07, 6.45) is 17.8. The SMILES string of the molecule is CCCCc1ccc([C@H]2CC[C@H](C(=O)OC3CCC(CC/C=C/C#N)CC3)CC2)cc1. The lowest BCUT2D eigenvalue weighted by Crippen LogP contribution is -2.29. The summed E-state index contributed by atoms with van der Waals surface area (Å²) in [6, 6.07) is 11.3. The molecule has 168 valence electrons. The third-order valence-corrected chi connectivity index (χ3v) is 7.34. The molecule has 0 spiro atoms. The summed E-state index contributed by atoms with van der Waals surface area (Å²) in [5, 5.41) is 8.55. The Morgan fingerprint density at radius 3 is 2.42 bits per heavy atom. The van der Waals surface area contributed by atoms with Crippen molar-refractivity contribution < 1.29 is 9.53 Å². The van der Waals surface area contributed by atoms with Crippen molar-refractivity contribution in [1.82, 2.24) is 0 Å². The molecule has 0 N–H and O–H groups in total. The average Bonchev–Trinajstić information content (AvgIpc) is 2.82. The van der Waals surface area contributed by atoms with Crippen LogP contribution in [0.25, 0.3) is 0 Å². The number of esters is 1. The van der Waals surface area contributed by atoms with Crippen molar-refractivity contribution in [1.29, 1.82) is 5.26 Å². The average molecular weight is 422 g/mol. The Balaban J connectivity index is 1.36.